The van der Waals surface area contributed by atoms with Crippen LogP contribution >= 0.6 is 11.8 Å². The third-order valence-electron chi connectivity index (χ3n) is 6.34. The molecule has 4 aromatic carbocycles. The average molecular weight is 547 g/mol. The molecule has 5 aromatic rings. The fourth-order valence-electron chi connectivity index (χ4n) is 4.46. The van der Waals surface area contributed by atoms with Crippen molar-refractivity contribution in [2.24, 2.45) is 5.10 Å². The SMILES string of the molecule is O=C(CN1c2ccccc2Sc2ccccc21)N/N=C/c1cn(-c2ccccc2)nc1-c1ccc([N+](=O)[O-])cc1. The Labute approximate surface area is 233 Å². The fraction of sp³-hybridized carbons (Fsp3) is 0.0333. The number of nitro groups is 1. The number of carbonyl (C=O) groups excluding carboxylic acids is 1. The summed E-state index contributed by atoms with van der Waals surface area (Å²) in [4.78, 5) is 27.9. The van der Waals surface area contributed by atoms with E-state index in [0.29, 0.717) is 16.8 Å². The van der Waals surface area contributed by atoms with Crippen molar-refractivity contribution in [3.8, 4) is 16.9 Å². The maximum Gasteiger partial charge on any atom is 0.269 e. The van der Waals surface area contributed by atoms with Gasteiger partial charge in [-0.1, -0.05) is 54.2 Å². The second kappa shape index (κ2) is 10.9. The quantitative estimate of drug-likeness (QED) is 0.148. The number of non-ortho nitro benzene ring substituents is 1. The monoisotopic (exact) mass is 546 g/mol. The van der Waals surface area contributed by atoms with E-state index in [1.165, 1.54) is 18.3 Å². The van der Waals surface area contributed by atoms with E-state index >= 15 is 0 Å². The normalized spacial score (nSPS) is 12.2. The van der Waals surface area contributed by atoms with Crippen LogP contribution in [0.25, 0.3) is 16.9 Å². The highest BCUT2D eigenvalue weighted by molar-refractivity contribution is 7.99. The second-order valence-corrected chi connectivity index (χ2v) is 10.0. The van der Waals surface area contributed by atoms with Gasteiger partial charge >= 0.3 is 0 Å². The van der Waals surface area contributed by atoms with Crippen molar-refractivity contribution in [1.29, 1.82) is 0 Å². The Morgan fingerprint density at radius 3 is 2.17 bits per heavy atom. The Hall–Kier alpha value is -5.22. The first-order valence-corrected chi connectivity index (χ1v) is 13.2. The zero-order chi connectivity index (χ0) is 27.5. The molecule has 0 unspecified atom stereocenters. The van der Waals surface area contributed by atoms with Crippen molar-refractivity contribution < 1.29 is 9.72 Å². The number of amides is 1. The fourth-order valence-corrected chi connectivity index (χ4v) is 5.56. The van der Waals surface area contributed by atoms with Crippen LogP contribution in [-0.4, -0.2) is 33.4 Å². The molecule has 40 heavy (non-hydrogen) atoms. The van der Waals surface area contributed by atoms with Crippen LogP contribution in [0.5, 0.6) is 0 Å². The van der Waals surface area contributed by atoms with Crippen molar-refractivity contribution in [3.63, 3.8) is 0 Å². The molecule has 0 aliphatic carbocycles. The summed E-state index contributed by atoms with van der Waals surface area (Å²) in [6.07, 6.45) is 3.34. The number of nitro benzene ring substituents is 1. The number of carbonyl (C=O) groups is 1. The summed E-state index contributed by atoms with van der Waals surface area (Å²) in [5.41, 5.74) is 7.32. The van der Waals surface area contributed by atoms with Gasteiger partial charge in [0, 0.05) is 39.2 Å². The highest BCUT2D eigenvalue weighted by atomic mass is 32.2. The Balaban J connectivity index is 1.25. The van der Waals surface area contributed by atoms with Crippen LogP contribution in [0.1, 0.15) is 5.56 Å². The van der Waals surface area contributed by atoms with E-state index < -0.39 is 4.92 Å². The molecular formula is C30H22N6O3S. The first kappa shape index (κ1) is 25.1. The van der Waals surface area contributed by atoms with Crippen LogP contribution < -0.4 is 10.3 Å². The zero-order valence-electron chi connectivity index (χ0n) is 21.0. The summed E-state index contributed by atoms with van der Waals surface area (Å²) in [6.45, 7) is 0.0877. The molecule has 9 nitrogen and oxygen atoms in total. The number of aromatic nitrogens is 2. The molecule has 0 fully saturated rings. The summed E-state index contributed by atoms with van der Waals surface area (Å²) in [5.74, 6) is -0.278. The zero-order valence-corrected chi connectivity index (χ0v) is 21.9. The van der Waals surface area contributed by atoms with E-state index in [1.54, 1.807) is 34.8 Å². The topological polar surface area (TPSA) is 106 Å². The summed E-state index contributed by atoms with van der Waals surface area (Å²) < 4.78 is 1.71. The Bertz CT molecular complexity index is 1690. The second-order valence-electron chi connectivity index (χ2n) is 8.93. The molecule has 1 aliphatic heterocycles. The van der Waals surface area contributed by atoms with Crippen LogP contribution in [0.4, 0.5) is 17.1 Å². The van der Waals surface area contributed by atoms with Gasteiger partial charge in [0.1, 0.15) is 12.2 Å². The molecule has 10 heteroatoms. The molecular weight excluding hydrogens is 524 g/mol. The Morgan fingerprint density at radius 2 is 1.52 bits per heavy atom. The van der Waals surface area contributed by atoms with Gasteiger partial charge in [-0.15, -0.1) is 0 Å². The maximum absolute atomic E-state index is 13.0. The molecule has 196 valence electrons. The van der Waals surface area contributed by atoms with E-state index in [-0.39, 0.29) is 18.1 Å². The van der Waals surface area contributed by atoms with Gasteiger partial charge in [0.2, 0.25) is 0 Å². The van der Waals surface area contributed by atoms with Crippen LogP contribution in [0.2, 0.25) is 0 Å². The van der Waals surface area contributed by atoms with Gasteiger partial charge in [0.25, 0.3) is 11.6 Å². The molecule has 0 saturated heterocycles. The molecule has 2 heterocycles. The molecule has 0 radical (unpaired) electrons. The largest absolute Gasteiger partial charge is 0.330 e. The van der Waals surface area contributed by atoms with Gasteiger partial charge in [-0.3, -0.25) is 14.9 Å². The number of nitrogens with one attached hydrogen (secondary N) is 1. The number of hydrazone groups is 1. The van der Waals surface area contributed by atoms with E-state index in [9.17, 15) is 14.9 Å². The first-order valence-electron chi connectivity index (χ1n) is 12.4. The summed E-state index contributed by atoms with van der Waals surface area (Å²) in [7, 11) is 0. The van der Waals surface area contributed by atoms with Crippen LogP contribution in [0.15, 0.2) is 124 Å². The van der Waals surface area contributed by atoms with Gasteiger partial charge in [-0.25, -0.2) is 10.1 Å². The highest BCUT2D eigenvalue weighted by Crippen LogP contribution is 2.47. The van der Waals surface area contributed by atoms with Gasteiger partial charge in [-0.05, 0) is 48.5 Å². The number of hydrogen-bond acceptors (Lipinski definition) is 7. The van der Waals surface area contributed by atoms with Gasteiger partial charge in [0.05, 0.1) is 28.2 Å². The van der Waals surface area contributed by atoms with Crippen molar-refractivity contribution in [2.75, 3.05) is 11.4 Å². The minimum atomic E-state index is -0.442. The lowest BCUT2D eigenvalue weighted by Gasteiger charge is -2.31. The van der Waals surface area contributed by atoms with E-state index in [2.05, 4.69) is 10.5 Å². The van der Waals surface area contributed by atoms with Crippen molar-refractivity contribution >= 4 is 40.9 Å². The van der Waals surface area contributed by atoms with Crippen molar-refractivity contribution in [1.82, 2.24) is 15.2 Å². The molecule has 0 spiro atoms. The minimum Gasteiger partial charge on any atom is -0.330 e. The number of anilines is 2. The highest BCUT2D eigenvalue weighted by Gasteiger charge is 2.24. The minimum absolute atomic E-state index is 0.00650. The van der Waals surface area contributed by atoms with Gasteiger partial charge in [0.15, 0.2) is 0 Å². The lowest BCUT2D eigenvalue weighted by atomic mass is 10.1. The lowest BCUT2D eigenvalue weighted by Crippen LogP contribution is -2.33. The molecule has 1 N–H and O–H groups in total. The molecule has 1 amide bonds. The third kappa shape index (κ3) is 5.07. The summed E-state index contributed by atoms with van der Waals surface area (Å²) in [5, 5.41) is 20.0. The van der Waals surface area contributed by atoms with Crippen molar-refractivity contribution in [3.05, 3.63) is 125 Å². The predicted octanol–water partition coefficient (Wildman–Crippen LogP) is 6.20. The standard InChI is InChI=1S/C30H22N6O3S/c37-29(20-34-25-10-4-6-12-27(25)40-28-13-7-5-11-26(28)34)32-31-18-22-19-35(23-8-2-1-3-9-23)33-30(22)21-14-16-24(17-15-21)36(38)39/h1-19H,20H2,(H,32,37)/b31-18+. The number of fused-ring (bicyclic) bond motifs is 2. The maximum atomic E-state index is 13.0. The predicted molar refractivity (Wildman–Crippen MR) is 155 cm³/mol. The Morgan fingerprint density at radius 1 is 0.900 bits per heavy atom. The molecule has 1 aromatic heterocycles. The molecule has 0 atom stereocenters. The van der Waals surface area contributed by atoms with E-state index in [4.69, 9.17) is 5.10 Å². The number of para-hydroxylation sites is 3. The molecule has 6 rings (SSSR count). The number of hydrogen-bond donors (Lipinski definition) is 1. The number of benzene rings is 4. The lowest BCUT2D eigenvalue weighted by molar-refractivity contribution is -0.384. The molecule has 1 aliphatic rings. The van der Waals surface area contributed by atoms with Gasteiger partial charge < -0.3 is 4.90 Å². The van der Waals surface area contributed by atoms with Crippen molar-refractivity contribution in [2.45, 2.75) is 9.79 Å². The molecule has 0 bridgehead atoms. The summed E-state index contributed by atoms with van der Waals surface area (Å²) in [6, 6.07) is 31.7. The van der Waals surface area contributed by atoms with Crippen LogP contribution in [0.3, 0.4) is 0 Å². The number of nitrogens with zero attached hydrogens (tertiary/aromatic N) is 5. The van der Waals surface area contributed by atoms with E-state index in [1.807, 2.05) is 83.8 Å². The first-order chi connectivity index (χ1) is 19.6. The third-order valence-corrected chi connectivity index (χ3v) is 7.47. The van der Waals surface area contributed by atoms with E-state index in [0.717, 1.165) is 26.9 Å². The number of rotatable bonds is 7. The Kier molecular flexibility index (Phi) is 6.82. The van der Waals surface area contributed by atoms with Gasteiger partial charge in [-0.2, -0.15) is 10.2 Å². The smallest absolute Gasteiger partial charge is 0.269 e. The summed E-state index contributed by atoms with van der Waals surface area (Å²) >= 11 is 1.68. The average Bonchev–Trinajstić information content (AvgIpc) is 3.41. The molecule has 0 saturated carbocycles. The van der Waals surface area contributed by atoms with Crippen LogP contribution in [0, 0.1) is 10.1 Å². The van der Waals surface area contributed by atoms with Crippen LogP contribution in [-0.2, 0) is 4.79 Å².